The number of hydrogen-bond donors (Lipinski definition) is 2. The molecule has 3 aromatic rings. The minimum Gasteiger partial charge on any atom is -0.497 e. The molecule has 1 heterocycles. The summed E-state index contributed by atoms with van der Waals surface area (Å²) in [5, 5.41) is 6.46. The molecule has 2 aromatic carbocycles. The maximum atomic E-state index is 5.32. The number of rotatable bonds is 7. The third-order valence-electron chi connectivity index (χ3n) is 3.67. The summed E-state index contributed by atoms with van der Waals surface area (Å²) < 4.78 is 15.8. The van der Waals surface area contributed by atoms with Gasteiger partial charge in [-0.05, 0) is 24.3 Å². The summed E-state index contributed by atoms with van der Waals surface area (Å²) in [4.78, 5) is 8.49. The summed E-state index contributed by atoms with van der Waals surface area (Å²) in [6.07, 6.45) is 1.49. The highest BCUT2D eigenvalue weighted by Gasteiger charge is 2.06. The molecule has 1 aromatic heterocycles. The van der Waals surface area contributed by atoms with Crippen molar-refractivity contribution in [1.29, 1.82) is 0 Å². The van der Waals surface area contributed by atoms with Crippen LogP contribution in [0.25, 0.3) is 0 Å². The predicted octanol–water partition coefficient (Wildman–Crippen LogP) is 3.99. The van der Waals surface area contributed by atoms with Gasteiger partial charge in [0.25, 0.3) is 0 Å². The van der Waals surface area contributed by atoms with E-state index >= 15 is 0 Å². The smallest absolute Gasteiger partial charge is 0.162 e. The first-order valence-electron chi connectivity index (χ1n) is 7.94. The van der Waals surface area contributed by atoms with Gasteiger partial charge < -0.3 is 24.8 Å². The van der Waals surface area contributed by atoms with E-state index in [1.54, 1.807) is 21.3 Å². The number of ether oxygens (including phenoxy) is 3. The van der Waals surface area contributed by atoms with Crippen molar-refractivity contribution in [3.63, 3.8) is 0 Å². The van der Waals surface area contributed by atoms with Crippen molar-refractivity contribution in [3.05, 3.63) is 54.9 Å². The van der Waals surface area contributed by atoms with Gasteiger partial charge in [0, 0.05) is 29.6 Å². The van der Waals surface area contributed by atoms with Crippen LogP contribution in [-0.2, 0) is 0 Å². The van der Waals surface area contributed by atoms with Crippen molar-refractivity contribution in [2.75, 3.05) is 32.0 Å². The molecule has 26 heavy (non-hydrogen) atoms. The van der Waals surface area contributed by atoms with Gasteiger partial charge >= 0.3 is 0 Å². The lowest BCUT2D eigenvalue weighted by Crippen LogP contribution is -1.99. The lowest BCUT2D eigenvalue weighted by molar-refractivity contribution is 0.355. The number of hydrogen-bond acceptors (Lipinski definition) is 7. The van der Waals surface area contributed by atoms with E-state index in [2.05, 4.69) is 20.6 Å². The van der Waals surface area contributed by atoms with Gasteiger partial charge in [0.15, 0.2) is 11.5 Å². The minimum atomic E-state index is 0.640. The van der Waals surface area contributed by atoms with E-state index in [-0.39, 0.29) is 0 Å². The maximum absolute atomic E-state index is 5.32. The third-order valence-corrected chi connectivity index (χ3v) is 3.67. The zero-order valence-electron chi connectivity index (χ0n) is 14.8. The van der Waals surface area contributed by atoms with Gasteiger partial charge in [-0.25, -0.2) is 9.97 Å². The number of aromatic nitrogens is 2. The number of nitrogens with zero attached hydrogens (tertiary/aromatic N) is 2. The fourth-order valence-corrected chi connectivity index (χ4v) is 2.40. The monoisotopic (exact) mass is 352 g/mol. The molecule has 0 aliphatic rings. The van der Waals surface area contributed by atoms with Crippen LogP contribution in [0.15, 0.2) is 54.9 Å². The number of benzene rings is 2. The van der Waals surface area contributed by atoms with E-state index in [1.807, 2.05) is 48.5 Å². The van der Waals surface area contributed by atoms with Crippen LogP contribution in [0.2, 0.25) is 0 Å². The zero-order chi connectivity index (χ0) is 18.4. The summed E-state index contributed by atoms with van der Waals surface area (Å²) in [6, 6.07) is 15.0. The maximum Gasteiger partial charge on any atom is 0.162 e. The van der Waals surface area contributed by atoms with Gasteiger partial charge in [-0.3, -0.25) is 0 Å². The van der Waals surface area contributed by atoms with E-state index in [9.17, 15) is 0 Å². The lowest BCUT2D eigenvalue weighted by Gasteiger charge is -2.12. The van der Waals surface area contributed by atoms with Crippen LogP contribution in [0, 0.1) is 0 Å². The molecule has 0 fully saturated rings. The average molecular weight is 352 g/mol. The first-order chi connectivity index (χ1) is 12.7. The Morgan fingerprint density at radius 3 is 2.04 bits per heavy atom. The van der Waals surface area contributed by atoms with Crippen LogP contribution >= 0.6 is 0 Å². The van der Waals surface area contributed by atoms with Crippen LogP contribution in [0.5, 0.6) is 17.2 Å². The Kier molecular flexibility index (Phi) is 5.38. The van der Waals surface area contributed by atoms with Crippen LogP contribution < -0.4 is 24.8 Å². The molecular formula is C19H20N4O3. The number of anilines is 4. The molecular weight excluding hydrogens is 332 g/mol. The molecule has 0 saturated carbocycles. The molecule has 0 atom stereocenters. The lowest BCUT2D eigenvalue weighted by atomic mass is 10.2. The normalized spacial score (nSPS) is 10.1. The van der Waals surface area contributed by atoms with Gasteiger partial charge in [0.05, 0.1) is 21.3 Å². The first kappa shape index (κ1) is 17.3. The van der Waals surface area contributed by atoms with E-state index in [0.29, 0.717) is 23.1 Å². The molecule has 0 aliphatic carbocycles. The van der Waals surface area contributed by atoms with E-state index in [0.717, 1.165) is 17.1 Å². The second kappa shape index (κ2) is 8.06. The highest BCUT2D eigenvalue weighted by molar-refractivity contribution is 5.65. The largest absolute Gasteiger partial charge is 0.497 e. The van der Waals surface area contributed by atoms with Crippen molar-refractivity contribution in [1.82, 2.24) is 9.97 Å². The quantitative estimate of drug-likeness (QED) is 0.666. The molecule has 0 bridgehead atoms. The predicted molar refractivity (Wildman–Crippen MR) is 101 cm³/mol. The Balaban J connectivity index is 1.77. The van der Waals surface area contributed by atoms with Gasteiger partial charge in [-0.15, -0.1) is 0 Å². The second-order valence-corrected chi connectivity index (χ2v) is 5.34. The van der Waals surface area contributed by atoms with Gasteiger partial charge in [0.1, 0.15) is 23.7 Å². The Morgan fingerprint density at radius 2 is 1.38 bits per heavy atom. The fourth-order valence-electron chi connectivity index (χ4n) is 2.40. The van der Waals surface area contributed by atoms with Crippen molar-refractivity contribution >= 4 is 23.0 Å². The summed E-state index contributed by atoms with van der Waals surface area (Å²) in [6.45, 7) is 0. The molecule has 134 valence electrons. The van der Waals surface area contributed by atoms with E-state index in [1.165, 1.54) is 6.33 Å². The summed E-state index contributed by atoms with van der Waals surface area (Å²) in [5.74, 6) is 3.39. The van der Waals surface area contributed by atoms with Gasteiger partial charge in [-0.2, -0.15) is 0 Å². The van der Waals surface area contributed by atoms with Crippen molar-refractivity contribution in [2.45, 2.75) is 0 Å². The Morgan fingerprint density at radius 1 is 0.692 bits per heavy atom. The van der Waals surface area contributed by atoms with Gasteiger partial charge in [0.2, 0.25) is 0 Å². The summed E-state index contributed by atoms with van der Waals surface area (Å²) in [7, 11) is 4.84. The Labute approximate surface area is 152 Å². The highest BCUT2D eigenvalue weighted by atomic mass is 16.5. The molecule has 2 N–H and O–H groups in total. The Bertz CT molecular complexity index is 886. The van der Waals surface area contributed by atoms with Crippen LogP contribution in [-0.4, -0.2) is 31.3 Å². The molecule has 3 rings (SSSR count). The van der Waals surface area contributed by atoms with Crippen molar-refractivity contribution < 1.29 is 14.2 Å². The molecule has 0 aliphatic heterocycles. The molecule has 0 spiro atoms. The second-order valence-electron chi connectivity index (χ2n) is 5.34. The first-order valence-corrected chi connectivity index (χ1v) is 7.94. The minimum absolute atomic E-state index is 0.640. The van der Waals surface area contributed by atoms with Crippen LogP contribution in [0.1, 0.15) is 0 Å². The molecule has 7 nitrogen and oxygen atoms in total. The van der Waals surface area contributed by atoms with E-state index in [4.69, 9.17) is 14.2 Å². The van der Waals surface area contributed by atoms with Crippen LogP contribution in [0.3, 0.4) is 0 Å². The van der Waals surface area contributed by atoms with E-state index < -0.39 is 0 Å². The number of nitrogens with one attached hydrogen (secondary N) is 2. The zero-order valence-corrected chi connectivity index (χ0v) is 14.8. The topological polar surface area (TPSA) is 77.5 Å². The summed E-state index contributed by atoms with van der Waals surface area (Å²) >= 11 is 0. The molecule has 0 radical (unpaired) electrons. The Hall–Kier alpha value is -3.48. The standard InChI is InChI=1S/C19H20N4O3/c1-24-15-6-4-5-13(9-15)22-18-11-19(21-12-20-18)23-14-7-8-16(25-2)17(10-14)26-3/h4-12H,1-3H3,(H2,20,21,22,23). The highest BCUT2D eigenvalue weighted by Crippen LogP contribution is 2.31. The molecule has 0 unspecified atom stereocenters. The number of methoxy groups -OCH3 is 3. The summed E-state index contributed by atoms with van der Waals surface area (Å²) in [5.41, 5.74) is 1.70. The van der Waals surface area contributed by atoms with Gasteiger partial charge in [-0.1, -0.05) is 6.07 Å². The molecule has 7 heteroatoms. The SMILES string of the molecule is COc1cccc(Nc2cc(Nc3ccc(OC)c(OC)c3)ncn2)c1. The fraction of sp³-hybridized carbons (Fsp3) is 0.158. The van der Waals surface area contributed by atoms with Crippen molar-refractivity contribution in [3.8, 4) is 17.2 Å². The van der Waals surface area contributed by atoms with Crippen LogP contribution in [0.4, 0.5) is 23.0 Å². The molecule has 0 amide bonds. The average Bonchev–Trinajstić information content (AvgIpc) is 2.68. The van der Waals surface area contributed by atoms with Crippen molar-refractivity contribution in [2.24, 2.45) is 0 Å². The third kappa shape index (κ3) is 4.13. The molecule has 0 saturated heterocycles.